The van der Waals surface area contributed by atoms with Crippen molar-refractivity contribution in [3.8, 4) is 0 Å². The Labute approximate surface area is 119 Å². The van der Waals surface area contributed by atoms with Gasteiger partial charge in [0.2, 0.25) is 0 Å². The van der Waals surface area contributed by atoms with E-state index in [1.807, 2.05) is 0 Å². The average molecular weight is 263 g/mol. The fourth-order valence-electron chi connectivity index (χ4n) is 0.415. The van der Waals surface area contributed by atoms with E-state index >= 15 is 0 Å². The van der Waals surface area contributed by atoms with Crippen LogP contribution in [0.2, 0.25) is 0 Å². The molecule has 3 nitrogen and oxygen atoms in total. The summed E-state index contributed by atoms with van der Waals surface area (Å²) in [6, 6.07) is 0. The normalized spacial score (nSPS) is 7.80. The summed E-state index contributed by atoms with van der Waals surface area (Å²) < 4.78 is 4.49. The third-order valence-electron chi connectivity index (χ3n) is 0.699. The number of esters is 1. The molecule has 0 spiro atoms. The zero-order chi connectivity index (χ0) is 7.28. The van der Waals surface area contributed by atoms with E-state index in [1.165, 1.54) is 6.92 Å². The van der Waals surface area contributed by atoms with Gasteiger partial charge in [-0.1, -0.05) is 0 Å². The predicted molar refractivity (Wildman–Crippen MR) is 37.7 cm³/mol. The van der Waals surface area contributed by atoms with Crippen LogP contribution in [0.1, 0.15) is 20.3 Å². The average Bonchev–Trinajstić information content (AvgIpc) is 1.63. The molecule has 0 amide bonds. The molecule has 0 saturated carbocycles. The second kappa shape index (κ2) is 8.29. The van der Waals surface area contributed by atoms with Crippen LogP contribution in [-0.2, 0) is 14.3 Å². The molecule has 0 aliphatic rings. The molecule has 0 aliphatic heterocycles. The van der Waals surface area contributed by atoms with Crippen molar-refractivity contribution in [2.45, 2.75) is 20.3 Å². The first-order chi connectivity index (χ1) is 4.16. The summed E-state index contributed by atoms with van der Waals surface area (Å²) in [6.45, 7) is 3.40. The molecule has 53 valence electrons. The van der Waals surface area contributed by atoms with Crippen molar-refractivity contribution in [1.82, 2.24) is 0 Å². The van der Waals surface area contributed by atoms with Crippen molar-refractivity contribution < 1.29 is 14.3 Å². The number of carbonyl (C=O) groups is 2. The maximum atomic E-state index is 10.4. The molecule has 0 aromatic carbocycles. The van der Waals surface area contributed by atoms with Crippen molar-refractivity contribution in [3.63, 3.8) is 0 Å². The van der Waals surface area contributed by atoms with E-state index in [1.54, 1.807) is 6.92 Å². The summed E-state index contributed by atoms with van der Waals surface area (Å²) in [5.74, 6) is -0.599. The minimum atomic E-state index is -0.440. The van der Waals surface area contributed by atoms with Gasteiger partial charge in [0.15, 0.2) is 0 Å². The van der Waals surface area contributed by atoms with Crippen LogP contribution < -0.4 is 0 Å². The molecule has 0 rings (SSSR count). The third-order valence-corrected chi connectivity index (χ3v) is 0.699. The van der Waals surface area contributed by atoms with Gasteiger partial charge in [0.1, 0.15) is 12.2 Å². The number of hydrogen-bond donors (Lipinski definition) is 0. The second-order valence-corrected chi connectivity index (χ2v) is 1.68. The molecular formula is C6H10CsO3. The van der Waals surface area contributed by atoms with Crippen LogP contribution >= 0.6 is 0 Å². The van der Waals surface area contributed by atoms with Crippen LogP contribution in [0.25, 0.3) is 0 Å². The molecule has 0 saturated heterocycles. The standard InChI is InChI=1S/C6H10O3.Cs/c1-3-9-6(8)4-5(2)7;/h3-4H2,1-2H3;. The Morgan fingerprint density at radius 2 is 1.90 bits per heavy atom. The SMILES string of the molecule is CCOC(=O)CC(C)=O.[Cs]. The summed E-state index contributed by atoms with van der Waals surface area (Å²) in [5.41, 5.74) is 0. The van der Waals surface area contributed by atoms with Crippen LogP contribution in [0.15, 0.2) is 0 Å². The summed E-state index contributed by atoms with van der Waals surface area (Å²) in [6.07, 6.45) is -0.103. The Kier molecular flexibility index (Phi) is 11.4. The Morgan fingerprint density at radius 3 is 2.20 bits per heavy atom. The number of Topliss-reactive ketones (excluding diaryl/α,β-unsaturated/α-hetero) is 1. The quantitative estimate of drug-likeness (QED) is 0.537. The van der Waals surface area contributed by atoms with E-state index in [9.17, 15) is 9.59 Å². The summed E-state index contributed by atoms with van der Waals surface area (Å²) in [7, 11) is 0. The number of rotatable bonds is 3. The first-order valence-electron chi connectivity index (χ1n) is 2.82. The molecule has 1 radical (unpaired) electrons. The molecule has 0 heterocycles. The van der Waals surface area contributed by atoms with Crippen molar-refractivity contribution in [3.05, 3.63) is 0 Å². The first kappa shape index (κ1) is 13.8. The van der Waals surface area contributed by atoms with Crippen molar-refractivity contribution in [2.24, 2.45) is 0 Å². The van der Waals surface area contributed by atoms with E-state index in [-0.39, 0.29) is 81.1 Å². The van der Waals surface area contributed by atoms with Crippen LogP contribution in [0, 0.1) is 0 Å². The van der Waals surface area contributed by atoms with Gasteiger partial charge in [-0.05, 0) is 13.8 Å². The van der Waals surface area contributed by atoms with Gasteiger partial charge in [0.25, 0.3) is 0 Å². The third kappa shape index (κ3) is 9.19. The summed E-state index contributed by atoms with van der Waals surface area (Å²) in [5, 5.41) is 0. The molecule has 0 N–H and O–H groups in total. The maximum absolute atomic E-state index is 10.4. The summed E-state index contributed by atoms with van der Waals surface area (Å²) in [4.78, 5) is 20.6. The van der Waals surface area contributed by atoms with Crippen LogP contribution in [-0.4, -0.2) is 87.3 Å². The van der Waals surface area contributed by atoms with Crippen LogP contribution in [0.3, 0.4) is 0 Å². The molecular weight excluding hydrogens is 253 g/mol. The largest absolute Gasteiger partial charge is 0.466 e. The van der Waals surface area contributed by atoms with Crippen LogP contribution in [0.4, 0.5) is 0 Å². The van der Waals surface area contributed by atoms with Gasteiger partial charge < -0.3 is 4.74 Å². The molecule has 0 bridgehead atoms. The molecule has 0 aromatic heterocycles. The molecule has 0 unspecified atom stereocenters. The van der Waals surface area contributed by atoms with E-state index in [2.05, 4.69) is 4.74 Å². The Bertz CT molecular complexity index is 122. The van der Waals surface area contributed by atoms with Gasteiger partial charge in [-0.25, -0.2) is 0 Å². The smallest absolute Gasteiger partial charge is 0.313 e. The molecule has 0 aliphatic carbocycles. The van der Waals surface area contributed by atoms with Gasteiger partial charge >= 0.3 is 5.97 Å². The Morgan fingerprint density at radius 1 is 1.40 bits per heavy atom. The van der Waals surface area contributed by atoms with E-state index in [4.69, 9.17) is 0 Å². The molecule has 4 heteroatoms. The molecule has 10 heavy (non-hydrogen) atoms. The van der Waals surface area contributed by atoms with E-state index < -0.39 is 5.97 Å². The van der Waals surface area contributed by atoms with Gasteiger partial charge in [0.05, 0.1) is 6.61 Å². The monoisotopic (exact) mass is 263 g/mol. The van der Waals surface area contributed by atoms with Crippen molar-refractivity contribution in [2.75, 3.05) is 6.61 Å². The number of ketones is 1. The zero-order valence-electron chi connectivity index (χ0n) is 6.64. The molecule has 0 aromatic rings. The maximum Gasteiger partial charge on any atom is 0.313 e. The predicted octanol–water partition coefficient (Wildman–Crippen LogP) is 0.148. The Balaban J connectivity index is 0. The second-order valence-electron chi connectivity index (χ2n) is 1.68. The zero-order valence-corrected chi connectivity index (χ0v) is 12.9. The minimum absolute atomic E-state index is 0. The van der Waals surface area contributed by atoms with E-state index in [0.29, 0.717) is 6.61 Å². The number of carbonyl (C=O) groups excluding carboxylic acids is 2. The van der Waals surface area contributed by atoms with Crippen molar-refractivity contribution in [1.29, 1.82) is 0 Å². The topological polar surface area (TPSA) is 43.4 Å². The van der Waals surface area contributed by atoms with E-state index in [0.717, 1.165) is 0 Å². The van der Waals surface area contributed by atoms with Gasteiger partial charge in [-0.2, -0.15) is 0 Å². The number of ether oxygens (including phenoxy) is 1. The molecule has 0 fully saturated rings. The fourth-order valence-corrected chi connectivity index (χ4v) is 0.415. The Hall–Kier alpha value is 1.19. The van der Waals surface area contributed by atoms with Crippen molar-refractivity contribution >= 4 is 80.6 Å². The van der Waals surface area contributed by atoms with Gasteiger partial charge in [-0.3, -0.25) is 9.59 Å². The van der Waals surface area contributed by atoms with Gasteiger partial charge in [0, 0.05) is 68.9 Å². The molecule has 0 atom stereocenters. The van der Waals surface area contributed by atoms with Gasteiger partial charge in [-0.15, -0.1) is 0 Å². The van der Waals surface area contributed by atoms with Crippen LogP contribution in [0.5, 0.6) is 0 Å². The fraction of sp³-hybridized carbons (Fsp3) is 0.667. The number of hydrogen-bond acceptors (Lipinski definition) is 3. The first-order valence-corrected chi connectivity index (χ1v) is 2.82. The summed E-state index contributed by atoms with van der Waals surface area (Å²) >= 11 is 0. The minimum Gasteiger partial charge on any atom is -0.466 e.